The molecular weight excluding hydrogens is 436 g/mol. The third kappa shape index (κ3) is 5.26. The third-order valence-corrected chi connectivity index (χ3v) is 6.79. The number of sulfonamides is 1. The van der Waals surface area contributed by atoms with Crippen molar-refractivity contribution >= 4 is 21.6 Å². The molecule has 6 nitrogen and oxygen atoms in total. The van der Waals surface area contributed by atoms with Crippen LogP contribution in [0.15, 0.2) is 66.7 Å². The Morgan fingerprint density at radius 1 is 1.00 bits per heavy atom. The SMILES string of the molecule is COc1ccc(C2(C(=O)Nc3ccc(C)c(-c4ccc(CNS(C)(=O)=O)cc4)c3)CC2)cc1. The highest BCUT2D eigenvalue weighted by molar-refractivity contribution is 7.88. The maximum absolute atomic E-state index is 13.2. The Kier molecular flexibility index (Phi) is 6.28. The van der Waals surface area contributed by atoms with Gasteiger partial charge in [0.2, 0.25) is 15.9 Å². The smallest absolute Gasteiger partial charge is 0.235 e. The number of carbonyl (C=O) groups is 1. The van der Waals surface area contributed by atoms with Crippen LogP contribution in [-0.2, 0) is 26.8 Å². The molecule has 0 aromatic heterocycles. The van der Waals surface area contributed by atoms with Crippen LogP contribution < -0.4 is 14.8 Å². The first-order chi connectivity index (χ1) is 15.7. The second-order valence-corrected chi connectivity index (χ2v) is 10.4. The Balaban J connectivity index is 1.51. The van der Waals surface area contributed by atoms with Crippen molar-refractivity contribution in [2.75, 3.05) is 18.7 Å². The molecule has 1 saturated carbocycles. The van der Waals surface area contributed by atoms with Crippen LogP contribution in [0.1, 0.15) is 29.5 Å². The Labute approximate surface area is 195 Å². The summed E-state index contributed by atoms with van der Waals surface area (Å²) in [6, 6.07) is 21.4. The molecule has 7 heteroatoms. The Morgan fingerprint density at radius 3 is 2.24 bits per heavy atom. The van der Waals surface area contributed by atoms with E-state index in [2.05, 4.69) is 10.0 Å². The Bertz CT molecular complexity index is 1260. The lowest BCUT2D eigenvalue weighted by molar-refractivity contribution is -0.118. The predicted octanol–water partition coefficient (Wildman–Crippen LogP) is 4.39. The monoisotopic (exact) mass is 464 g/mol. The van der Waals surface area contributed by atoms with E-state index >= 15 is 0 Å². The van der Waals surface area contributed by atoms with Crippen molar-refractivity contribution in [3.05, 3.63) is 83.4 Å². The molecule has 1 aliphatic rings. The van der Waals surface area contributed by atoms with Crippen molar-refractivity contribution in [3.8, 4) is 16.9 Å². The first-order valence-electron chi connectivity index (χ1n) is 10.8. The van der Waals surface area contributed by atoms with Gasteiger partial charge in [-0.2, -0.15) is 0 Å². The normalized spacial score (nSPS) is 14.5. The van der Waals surface area contributed by atoms with Crippen molar-refractivity contribution < 1.29 is 17.9 Å². The minimum absolute atomic E-state index is 0.00432. The molecule has 0 radical (unpaired) electrons. The summed E-state index contributed by atoms with van der Waals surface area (Å²) in [4.78, 5) is 13.2. The van der Waals surface area contributed by atoms with Crippen LogP contribution in [0.4, 0.5) is 5.69 Å². The molecule has 3 aromatic carbocycles. The molecular formula is C26H28N2O4S. The zero-order valence-electron chi connectivity index (χ0n) is 19.0. The maximum Gasteiger partial charge on any atom is 0.235 e. The lowest BCUT2D eigenvalue weighted by atomic mass is 9.94. The molecule has 0 unspecified atom stereocenters. The highest BCUT2D eigenvalue weighted by Gasteiger charge is 2.51. The van der Waals surface area contributed by atoms with E-state index in [1.165, 1.54) is 0 Å². The summed E-state index contributed by atoms with van der Waals surface area (Å²) >= 11 is 0. The van der Waals surface area contributed by atoms with Crippen molar-refractivity contribution in [2.24, 2.45) is 0 Å². The fourth-order valence-electron chi connectivity index (χ4n) is 3.96. The van der Waals surface area contributed by atoms with Crippen LogP contribution in [-0.4, -0.2) is 27.7 Å². The van der Waals surface area contributed by atoms with Crippen LogP contribution in [0.2, 0.25) is 0 Å². The van der Waals surface area contributed by atoms with Gasteiger partial charge in [0.1, 0.15) is 5.75 Å². The topological polar surface area (TPSA) is 84.5 Å². The molecule has 0 aliphatic heterocycles. The van der Waals surface area contributed by atoms with Crippen LogP contribution in [0.25, 0.3) is 11.1 Å². The van der Waals surface area contributed by atoms with Gasteiger partial charge in [-0.1, -0.05) is 42.5 Å². The third-order valence-electron chi connectivity index (χ3n) is 6.13. The average Bonchev–Trinajstić information content (AvgIpc) is 3.61. The largest absolute Gasteiger partial charge is 0.497 e. The first-order valence-corrected chi connectivity index (χ1v) is 12.7. The summed E-state index contributed by atoms with van der Waals surface area (Å²) in [6.45, 7) is 2.28. The molecule has 1 fully saturated rings. The van der Waals surface area contributed by atoms with Gasteiger partial charge in [-0.05, 0) is 71.8 Å². The van der Waals surface area contributed by atoms with Crippen LogP contribution in [0.3, 0.4) is 0 Å². The molecule has 3 aromatic rings. The standard InChI is InChI=1S/C26H28N2O4S/c1-18-4-11-22(16-24(18)20-7-5-19(6-8-20)17-27-33(3,30)31)28-25(29)26(14-15-26)21-9-12-23(32-2)13-10-21/h4-13,16,27H,14-15,17H2,1-3H3,(H,28,29). The Morgan fingerprint density at radius 2 is 1.67 bits per heavy atom. The number of aryl methyl sites for hydroxylation is 1. The van der Waals surface area contributed by atoms with Gasteiger partial charge in [-0.25, -0.2) is 13.1 Å². The predicted molar refractivity (Wildman–Crippen MR) is 131 cm³/mol. The number of carbonyl (C=O) groups excluding carboxylic acids is 1. The lowest BCUT2D eigenvalue weighted by Crippen LogP contribution is -2.27. The van der Waals surface area contributed by atoms with E-state index in [1.807, 2.05) is 73.7 Å². The van der Waals surface area contributed by atoms with Crippen molar-refractivity contribution in [1.82, 2.24) is 4.72 Å². The van der Waals surface area contributed by atoms with E-state index < -0.39 is 15.4 Å². The number of amides is 1. The maximum atomic E-state index is 13.2. The quantitative estimate of drug-likeness (QED) is 0.518. The minimum atomic E-state index is -3.24. The number of methoxy groups -OCH3 is 1. The van der Waals surface area contributed by atoms with E-state index in [9.17, 15) is 13.2 Å². The van der Waals surface area contributed by atoms with E-state index in [1.54, 1.807) is 7.11 Å². The average molecular weight is 465 g/mol. The molecule has 4 rings (SSSR count). The fourth-order valence-corrected chi connectivity index (χ4v) is 4.39. The summed E-state index contributed by atoms with van der Waals surface area (Å²) in [5.41, 5.74) is 5.26. The first kappa shape index (κ1) is 23.0. The van der Waals surface area contributed by atoms with Crippen molar-refractivity contribution in [2.45, 2.75) is 31.7 Å². The van der Waals surface area contributed by atoms with Gasteiger partial charge >= 0.3 is 0 Å². The van der Waals surface area contributed by atoms with Gasteiger partial charge < -0.3 is 10.1 Å². The lowest BCUT2D eigenvalue weighted by Gasteiger charge is -2.17. The number of rotatable bonds is 8. The second kappa shape index (κ2) is 9.00. The number of hydrogen-bond donors (Lipinski definition) is 2. The summed E-state index contributed by atoms with van der Waals surface area (Å²) in [5, 5.41) is 3.11. The van der Waals surface area contributed by atoms with Crippen molar-refractivity contribution in [1.29, 1.82) is 0 Å². The minimum Gasteiger partial charge on any atom is -0.497 e. The highest BCUT2D eigenvalue weighted by Crippen LogP contribution is 2.49. The molecule has 33 heavy (non-hydrogen) atoms. The van der Waals surface area contributed by atoms with E-state index in [0.29, 0.717) is 0 Å². The van der Waals surface area contributed by atoms with Gasteiger partial charge in [-0.3, -0.25) is 4.79 Å². The van der Waals surface area contributed by atoms with Crippen molar-refractivity contribution in [3.63, 3.8) is 0 Å². The zero-order valence-corrected chi connectivity index (χ0v) is 19.8. The summed E-state index contributed by atoms with van der Waals surface area (Å²) in [7, 11) is -1.61. The highest BCUT2D eigenvalue weighted by atomic mass is 32.2. The summed E-state index contributed by atoms with van der Waals surface area (Å²) in [5.74, 6) is 0.779. The van der Waals surface area contributed by atoms with Gasteiger partial charge in [0.05, 0.1) is 18.8 Å². The number of nitrogens with one attached hydrogen (secondary N) is 2. The number of hydrogen-bond acceptors (Lipinski definition) is 4. The molecule has 1 aliphatic carbocycles. The molecule has 0 spiro atoms. The van der Waals surface area contributed by atoms with E-state index in [0.717, 1.165) is 58.4 Å². The fraction of sp³-hybridized carbons (Fsp3) is 0.269. The van der Waals surface area contributed by atoms with Gasteiger partial charge in [-0.15, -0.1) is 0 Å². The Hall–Kier alpha value is -3.16. The second-order valence-electron chi connectivity index (χ2n) is 8.58. The van der Waals surface area contributed by atoms with Gasteiger partial charge in [0, 0.05) is 12.2 Å². The van der Waals surface area contributed by atoms with E-state index in [4.69, 9.17) is 4.74 Å². The van der Waals surface area contributed by atoms with Gasteiger partial charge in [0.15, 0.2) is 0 Å². The molecule has 1 amide bonds. The van der Waals surface area contributed by atoms with E-state index in [-0.39, 0.29) is 12.5 Å². The number of benzene rings is 3. The van der Waals surface area contributed by atoms with Crippen LogP contribution in [0, 0.1) is 6.92 Å². The van der Waals surface area contributed by atoms with Gasteiger partial charge in [0.25, 0.3) is 0 Å². The molecule has 0 atom stereocenters. The number of anilines is 1. The van der Waals surface area contributed by atoms with Crippen LogP contribution >= 0.6 is 0 Å². The molecule has 0 bridgehead atoms. The zero-order chi connectivity index (χ0) is 23.6. The molecule has 0 saturated heterocycles. The summed E-state index contributed by atoms with van der Waals surface area (Å²) in [6.07, 6.45) is 2.80. The molecule has 2 N–H and O–H groups in total. The number of ether oxygens (including phenoxy) is 1. The van der Waals surface area contributed by atoms with Crippen LogP contribution in [0.5, 0.6) is 5.75 Å². The molecule has 0 heterocycles. The molecule has 172 valence electrons. The summed E-state index contributed by atoms with van der Waals surface area (Å²) < 4.78 is 30.3.